The second-order valence-corrected chi connectivity index (χ2v) is 5.89. The Labute approximate surface area is 129 Å². The molecule has 0 saturated carbocycles. The van der Waals surface area contributed by atoms with Gasteiger partial charge in [-0.1, -0.05) is 32.9 Å². The molecule has 0 aliphatic carbocycles. The molecule has 0 atom stereocenters. The summed E-state index contributed by atoms with van der Waals surface area (Å²) in [6.07, 6.45) is 1.19. The van der Waals surface area contributed by atoms with Crippen molar-refractivity contribution in [1.82, 2.24) is 9.97 Å². The fourth-order valence-electron chi connectivity index (χ4n) is 1.94. The van der Waals surface area contributed by atoms with E-state index in [1.54, 1.807) is 7.05 Å². The second kappa shape index (κ2) is 5.97. The van der Waals surface area contributed by atoms with E-state index in [4.69, 9.17) is 0 Å². The number of nitrogens with one attached hydrogen (secondary N) is 2. The van der Waals surface area contributed by atoms with Crippen LogP contribution in [0.3, 0.4) is 0 Å². The van der Waals surface area contributed by atoms with Gasteiger partial charge >= 0.3 is 5.69 Å². The summed E-state index contributed by atoms with van der Waals surface area (Å²) in [6.45, 7) is 6.44. The van der Waals surface area contributed by atoms with Gasteiger partial charge in [0.05, 0.1) is 4.92 Å². The highest BCUT2D eigenvalue weighted by molar-refractivity contribution is 5.60. The van der Waals surface area contributed by atoms with Crippen LogP contribution in [0.4, 0.5) is 23.1 Å². The molecule has 7 nitrogen and oxygen atoms in total. The Balaban J connectivity index is 2.22. The molecule has 1 aromatic carbocycles. The molecule has 0 saturated heterocycles. The SMILES string of the molecule is CNc1nc(Nc2ccc(C(C)(C)C)cc2)ncc1[N+](=O)[O-]. The Morgan fingerprint density at radius 2 is 1.82 bits per heavy atom. The molecule has 1 aromatic heterocycles. The fraction of sp³-hybridized carbons (Fsp3) is 0.333. The van der Waals surface area contributed by atoms with Gasteiger partial charge in [0, 0.05) is 12.7 Å². The van der Waals surface area contributed by atoms with E-state index in [0.29, 0.717) is 5.95 Å². The van der Waals surface area contributed by atoms with Crippen LogP contribution >= 0.6 is 0 Å². The van der Waals surface area contributed by atoms with E-state index in [2.05, 4.69) is 41.4 Å². The minimum Gasteiger partial charge on any atom is -0.367 e. The summed E-state index contributed by atoms with van der Waals surface area (Å²) < 4.78 is 0. The summed E-state index contributed by atoms with van der Waals surface area (Å²) in [4.78, 5) is 18.4. The monoisotopic (exact) mass is 301 g/mol. The number of hydrogen-bond acceptors (Lipinski definition) is 6. The highest BCUT2D eigenvalue weighted by Crippen LogP contribution is 2.26. The molecule has 0 bridgehead atoms. The van der Waals surface area contributed by atoms with Crippen molar-refractivity contribution in [2.75, 3.05) is 17.7 Å². The van der Waals surface area contributed by atoms with Gasteiger partial charge < -0.3 is 10.6 Å². The number of hydrogen-bond donors (Lipinski definition) is 2. The van der Waals surface area contributed by atoms with Gasteiger partial charge in [-0.3, -0.25) is 10.1 Å². The Morgan fingerprint density at radius 1 is 1.18 bits per heavy atom. The average molecular weight is 301 g/mol. The number of aromatic nitrogens is 2. The molecule has 2 N–H and O–H groups in total. The van der Waals surface area contributed by atoms with Crippen LogP contribution in [-0.4, -0.2) is 21.9 Å². The van der Waals surface area contributed by atoms with E-state index in [0.717, 1.165) is 5.69 Å². The zero-order valence-electron chi connectivity index (χ0n) is 13.0. The van der Waals surface area contributed by atoms with Crippen LogP contribution in [0, 0.1) is 10.1 Å². The van der Waals surface area contributed by atoms with Gasteiger partial charge in [0.15, 0.2) is 0 Å². The Kier molecular flexibility index (Phi) is 4.25. The fourth-order valence-corrected chi connectivity index (χ4v) is 1.94. The number of nitro groups is 1. The number of benzene rings is 1. The highest BCUT2D eigenvalue weighted by Gasteiger charge is 2.16. The first-order chi connectivity index (χ1) is 10.3. The van der Waals surface area contributed by atoms with Crippen molar-refractivity contribution in [2.45, 2.75) is 26.2 Å². The highest BCUT2D eigenvalue weighted by atomic mass is 16.6. The van der Waals surface area contributed by atoms with Crippen LogP contribution in [-0.2, 0) is 5.41 Å². The Bertz CT molecular complexity index is 677. The second-order valence-electron chi connectivity index (χ2n) is 5.89. The Hall–Kier alpha value is -2.70. The van der Waals surface area contributed by atoms with Crippen LogP contribution < -0.4 is 10.6 Å². The molecule has 7 heteroatoms. The van der Waals surface area contributed by atoms with Gasteiger partial charge in [-0.15, -0.1) is 0 Å². The summed E-state index contributed by atoms with van der Waals surface area (Å²) in [5.74, 6) is 0.479. The van der Waals surface area contributed by atoms with Crippen molar-refractivity contribution in [2.24, 2.45) is 0 Å². The summed E-state index contributed by atoms with van der Waals surface area (Å²) in [5.41, 5.74) is 1.97. The van der Waals surface area contributed by atoms with Crippen LogP contribution in [0.25, 0.3) is 0 Å². The third kappa shape index (κ3) is 3.49. The van der Waals surface area contributed by atoms with E-state index in [9.17, 15) is 10.1 Å². The molecule has 22 heavy (non-hydrogen) atoms. The molecule has 0 aliphatic heterocycles. The minimum atomic E-state index is -0.520. The van der Waals surface area contributed by atoms with Crippen LogP contribution in [0.15, 0.2) is 30.5 Å². The molecule has 2 aromatic rings. The van der Waals surface area contributed by atoms with Crippen molar-refractivity contribution in [3.8, 4) is 0 Å². The molecule has 116 valence electrons. The lowest BCUT2D eigenvalue weighted by Crippen LogP contribution is -2.10. The summed E-state index contributed by atoms with van der Waals surface area (Å²) in [5, 5.41) is 16.6. The van der Waals surface area contributed by atoms with E-state index < -0.39 is 4.92 Å². The Morgan fingerprint density at radius 3 is 2.32 bits per heavy atom. The number of nitrogens with zero attached hydrogens (tertiary/aromatic N) is 3. The molecule has 0 radical (unpaired) electrons. The van der Waals surface area contributed by atoms with Gasteiger partial charge in [0.2, 0.25) is 11.8 Å². The standard InChI is InChI=1S/C15H19N5O2/c1-15(2,3)10-5-7-11(8-6-10)18-14-17-9-12(20(21)22)13(16-4)19-14/h5-9H,1-4H3,(H2,16,17,18,19). The largest absolute Gasteiger partial charge is 0.367 e. The maximum absolute atomic E-state index is 10.8. The molecule has 0 unspecified atom stereocenters. The summed E-state index contributed by atoms with van der Waals surface area (Å²) in [6, 6.07) is 7.94. The first kappa shape index (κ1) is 15.7. The number of anilines is 3. The average Bonchev–Trinajstić information content (AvgIpc) is 2.46. The number of rotatable bonds is 4. The van der Waals surface area contributed by atoms with E-state index in [-0.39, 0.29) is 16.9 Å². The lowest BCUT2D eigenvalue weighted by atomic mass is 9.87. The first-order valence-corrected chi connectivity index (χ1v) is 6.88. The third-order valence-electron chi connectivity index (χ3n) is 3.21. The van der Waals surface area contributed by atoms with Crippen molar-refractivity contribution in [3.05, 3.63) is 46.1 Å². The first-order valence-electron chi connectivity index (χ1n) is 6.88. The molecular formula is C15H19N5O2. The van der Waals surface area contributed by atoms with E-state index in [1.165, 1.54) is 11.8 Å². The van der Waals surface area contributed by atoms with Gasteiger partial charge in [-0.05, 0) is 23.1 Å². The van der Waals surface area contributed by atoms with Crippen molar-refractivity contribution in [1.29, 1.82) is 0 Å². The van der Waals surface area contributed by atoms with E-state index >= 15 is 0 Å². The van der Waals surface area contributed by atoms with Crippen molar-refractivity contribution >= 4 is 23.1 Å². The van der Waals surface area contributed by atoms with Crippen LogP contribution in [0.1, 0.15) is 26.3 Å². The predicted octanol–water partition coefficient (Wildman–Crippen LogP) is 3.47. The van der Waals surface area contributed by atoms with Gasteiger partial charge in [0.1, 0.15) is 6.20 Å². The normalized spacial score (nSPS) is 11.1. The molecule has 0 amide bonds. The zero-order chi connectivity index (χ0) is 16.3. The molecule has 2 rings (SSSR count). The maximum Gasteiger partial charge on any atom is 0.329 e. The van der Waals surface area contributed by atoms with Gasteiger partial charge in [0.25, 0.3) is 0 Å². The predicted molar refractivity (Wildman–Crippen MR) is 86.7 cm³/mol. The van der Waals surface area contributed by atoms with Crippen molar-refractivity contribution < 1.29 is 4.92 Å². The minimum absolute atomic E-state index is 0.0850. The molecule has 0 aliphatic rings. The zero-order valence-corrected chi connectivity index (χ0v) is 13.0. The topological polar surface area (TPSA) is 93.0 Å². The van der Waals surface area contributed by atoms with Crippen molar-refractivity contribution in [3.63, 3.8) is 0 Å². The quantitative estimate of drug-likeness (QED) is 0.663. The molecule has 0 fully saturated rings. The van der Waals surface area contributed by atoms with Gasteiger partial charge in [-0.25, -0.2) is 4.98 Å². The van der Waals surface area contributed by atoms with Crippen LogP contribution in [0.2, 0.25) is 0 Å². The summed E-state index contributed by atoms with van der Waals surface area (Å²) >= 11 is 0. The molecule has 0 spiro atoms. The van der Waals surface area contributed by atoms with Crippen LogP contribution in [0.5, 0.6) is 0 Å². The molecule has 1 heterocycles. The maximum atomic E-state index is 10.8. The smallest absolute Gasteiger partial charge is 0.329 e. The lowest BCUT2D eigenvalue weighted by molar-refractivity contribution is -0.384. The lowest BCUT2D eigenvalue weighted by Gasteiger charge is -2.19. The molecular weight excluding hydrogens is 282 g/mol. The van der Waals surface area contributed by atoms with Gasteiger partial charge in [-0.2, -0.15) is 4.98 Å². The summed E-state index contributed by atoms with van der Waals surface area (Å²) in [7, 11) is 1.58. The van der Waals surface area contributed by atoms with E-state index in [1.807, 2.05) is 24.3 Å². The third-order valence-corrected chi connectivity index (χ3v) is 3.21.